The number of aromatic nitrogens is 1. The van der Waals surface area contributed by atoms with Gasteiger partial charge in [0.05, 0.1) is 19.2 Å². The topological polar surface area (TPSA) is 70.0 Å². The van der Waals surface area contributed by atoms with Gasteiger partial charge < -0.3 is 20.1 Å². The molecule has 0 spiro atoms. The number of hydrogen-bond acceptors (Lipinski definition) is 4. The van der Waals surface area contributed by atoms with Gasteiger partial charge in [-0.05, 0) is 36.8 Å². The Hall–Kier alpha value is -1.87. The minimum atomic E-state index is -0.648. The van der Waals surface area contributed by atoms with Gasteiger partial charge in [-0.1, -0.05) is 18.2 Å². The summed E-state index contributed by atoms with van der Waals surface area (Å²) in [5, 5.41) is 13.5. The number of para-hydroxylation sites is 1. The van der Waals surface area contributed by atoms with Crippen LogP contribution in [0.2, 0.25) is 0 Å². The molecular formula is C19H27IN4O2. The molecule has 1 heterocycles. The second-order valence-electron chi connectivity index (χ2n) is 5.57. The standard InChI is InChI=1S/C19H26N4O2.HI/c1-3-21-19(22-15-18(24)16-9-11-20-12-10-16)23(2)13-14-25-17-7-5-4-6-8-17;/h4-12,18,24H,3,13-15H2,1-2H3,(H,21,22);1H. The number of hydrogen-bond donors (Lipinski definition) is 2. The molecular weight excluding hydrogens is 443 g/mol. The Morgan fingerprint density at radius 3 is 2.58 bits per heavy atom. The third kappa shape index (κ3) is 7.57. The summed E-state index contributed by atoms with van der Waals surface area (Å²) in [7, 11) is 1.95. The molecule has 0 bridgehead atoms. The van der Waals surface area contributed by atoms with Gasteiger partial charge in [0.2, 0.25) is 0 Å². The van der Waals surface area contributed by atoms with Crippen LogP contribution in [-0.4, -0.2) is 54.2 Å². The Kier molecular flexibility index (Phi) is 10.6. The van der Waals surface area contributed by atoms with Crippen molar-refractivity contribution in [3.63, 3.8) is 0 Å². The Balaban J connectivity index is 0.00000338. The summed E-state index contributed by atoms with van der Waals surface area (Å²) in [6.07, 6.45) is 2.69. The minimum Gasteiger partial charge on any atom is -0.492 e. The molecule has 2 N–H and O–H groups in total. The molecule has 1 aromatic carbocycles. The van der Waals surface area contributed by atoms with Gasteiger partial charge in [0.25, 0.3) is 0 Å². The Bertz CT molecular complexity index is 641. The lowest BCUT2D eigenvalue weighted by atomic mass is 10.1. The molecule has 1 aromatic heterocycles. The maximum absolute atomic E-state index is 10.2. The van der Waals surface area contributed by atoms with Crippen molar-refractivity contribution in [1.29, 1.82) is 0 Å². The maximum Gasteiger partial charge on any atom is 0.193 e. The molecule has 0 saturated heterocycles. The smallest absolute Gasteiger partial charge is 0.193 e. The minimum absolute atomic E-state index is 0. The number of guanidine groups is 1. The average molecular weight is 470 g/mol. The first-order chi connectivity index (χ1) is 12.2. The molecule has 2 aromatic rings. The van der Waals surface area contributed by atoms with E-state index in [2.05, 4.69) is 15.3 Å². The molecule has 0 aliphatic rings. The van der Waals surface area contributed by atoms with Crippen LogP contribution < -0.4 is 10.1 Å². The first-order valence-electron chi connectivity index (χ1n) is 8.46. The predicted molar refractivity (Wildman–Crippen MR) is 115 cm³/mol. The zero-order valence-electron chi connectivity index (χ0n) is 15.2. The van der Waals surface area contributed by atoms with Crippen LogP contribution in [0.25, 0.3) is 0 Å². The molecule has 6 nitrogen and oxygen atoms in total. The molecule has 26 heavy (non-hydrogen) atoms. The van der Waals surface area contributed by atoms with E-state index in [0.717, 1.165) is 23.8 Å². The summed E-state index contributed by atoms with van der Waals surface area (Å²) in [4.78, 5) is 10.5. The van der Waals surface area contributed by atoms with Gasteiger partial charge in [0.15, 0.2) is 5.96 Å². The second kappa shape index (κ2) is 12.5. The molecule has 0 amide bonds. The van der Waals surface area contributed by atoms with Crippen molar-refractivity contribution < 1.29 is 9.84 Å². The van der Waals surface area contributed by atoms with Crippen molar-refractivity contribution in [1.82, 2.24) is 15.2 Å². The zero-order chi connectivity index (χ0) is 17.9. The van der Waals surface area contributed by atoms with Gasteiger partial charge in [-0.3, -0.25) is 9.98 Å². The molecule has 0 aliphatic carbocycles. The maximum atomic E-state index is 10.2. The van der Waals surface area contributed by atoms with Crippen molar-refractivity contribution in [3.8, 4) is 5.75 Å². The molecule has 0 fully saturated rings. The van der Waals surface area contributed by atoms with E-state index in [0.29, 0.717) is 13.2 Å². The van der Waals surface area contributed by atoms with Gasteiger partial charge in [0.1, 0.15) is 12.4 Å². The van der Waals surface area contributed by atoms with Gasteiger partial charge in [-0.2, -0.15) is 0 Å². The summed E-state index contributed by atoms with van der Waals surface area (Å²) in [5.74, 6) is 1.60. The normalized spacial score (nSPS) is 12.0. The second-order valence-corrected chi connectivity index (χ2v) is 5.57. The summed E-state index contributed by atoms with van der Waals surface area (Å²) in [6.45, 7) is 4.30. The molecule has 142 valence electrons. The zero-order valence-corrected chi connectivity index (χ0v) is 17.5. The highest BCUT2D eigenvalue weighted by Crippen LogP contribution is 2.11. The van der Waals surface area contributed by atoms with Crippen LogP contribution in [0.1, 0.15) is 18.6 Å². The summed E-state index contributed by atoms with van der Waals surface area (Å²) in [6, 6.07) is 13.3. The highest BCUT2D eigenvalue weighted by Gasteiger charge is 2.09. The van der Waals surface area contributed by atoms with E-state index in [1.807, 2.05) is 49.2 Å². The van der Waals surface area contributed by atoms with E-state index >= 15 is 0 Å². The number of aliphatic hydroxyl groups is 1. The fourth-order valence-corrected chi connectivity index (χ4v) is 2.26. The number of halogens is 1. The van der Waals surface area contributed by atoms with Crippen molar-refractivity contribution in [3.05, 3.63) is 60.4 Å². The van der Waals surface area contributed by atoms with Crippen molar-refractivity contribution in [2.24, 2.45) is 4.99 Å². The molecule has 0 radical (unpaired) electrons. The number of nitrogens with zero attached hydrogens (tertiary/aromatic N) is 3. The lowest BCUT2D eigenvalue weighted by Crippen LogP contribution is -2.41. The highest BCUT2D eigenvalue weighted by molar-refractivity contribution is 14.0. The number of likely N-dealkylation sites (N-methyl/N-ethyl adjacent to an activating group) is 1. The number of rotatable bonds is 8. The first-order valence-corrected chi connectivity index (χ1v) is 8.46. The summed E-state index contributed by atoms with van der Waals surface area (Å²) in [5.41, 5.74) is 0.810. The lowest BCUT2D eigenvalue weighted by Gasteiger charge is -2.22. The fraction of sp³-hybridized carbons (Fsp3) is 0.368. The van der Waals surface area contributed by atoms with Crippen LogP contribution in [0.3, 0.4) is 0 Å². The number of benzene rings is 1. The fourth-order valence-electron chi connectivity index (χ4n) is 2.26. The van der Waals surface area contributed by atoms with Crippen LogP contribution in [0.4, 0.5) is 0 Å². The van der Waals surface area contributed by atoms with E-state index in [4.69, 9.17) is 4.74 Å². The van der Waals surface area contributed by atoms with Crippen LogP contribution >= 0.6 is 24.0 Å². The quantitative estimate of drug-likeness (QED) is 0.353. The molecule has 7 heteroatoms. The summed E-state index contributed by atoms with van der Waals surface area (Å²) >= 11 is 0. The SMILES string of the molecule is CCNC(=NCC(O)c1ccncc1)N(C)CCOc1ccccc1.I. The lowest BCUT2D eigenvalue weighted by molar-refractivity contribution is 0.186. The van der Waals surface area contributed by atoms with Crippen molar-refractivity contribution in [2.45, 2.75) is 13.0 Å². The van der Waals surface area contributed by atoms with Crippen LogP contribution in [0.5, 0.6) is 5.75 Å². The van der Waals surface area contributed by atoms with E-state index in [1.54, 1.807) is 24.5 Å². The Morgan fingerprint density at radius 1 is 1.23 bits per heavy atom. The highest BCUT2D eigenvalue weighted by atomic mass is 127. The summed E-state index contributed by atoms with van der Waals surface area (Å²) < 4.78 is 5.72. The predicted octanol–water partition coefficient (Wildman–Crippen LogP) is 2.71. The number of ether oxygens (including phenoxy) is 1. The number of nitrogens with one attached hydrogen (secondary N) is 1. The number of aliphatic hydroxyl groups excluding tert-OH is 1. The molecule has 1 atom stereocenters. The van der Waals surface area contributed by atoms with Gasteiger partial charge in [-0.15, -0.1) is 24.0 Å². The molecule has 2 rings (SSSR count). The van der Waals surface area contributed by atoms with E-state index in [-0.39, 0.29) is 30.5 Å². The van der Waals surface area contributed by atoms with Crippen molar-refractivity contribution in [2.75, 3.05) is 33.3 Å². The molecule has 0 aliphatic heterocycles. The number of aliphatic imine (C=N–C) groups is 1. The van der Waals surface area contributed by atoms with Gasteiger partial charge in [0, 0.05) is 26.0 Å². The van der Waals surface area contributed by atoms with Crippen LogP contribution in [0, 0.1) is 0 Å². The Morgan fingerprint density at radius 2 is 1.92 bits per heavy atom. The van der Waals surface area contributed by atoms with E-state index < -0.39 is 6.10 Å². The largest absolute Gasteiger partial charge is 0.492 e. The van der Waals surface area contributed by atoms with E-state index in [9.17, 15) is 5.11 Å². The first kappa shape index (κ1) is 22.2. The third-order valence-electron chi connectivity index (χ3n) is 3.64. The molecule has 0 saturated carbocycles. The average Bonchev–Trinajstić information content (AvgIpc) is 2.66. The Labute approximate surface area is 172 Å². The van der Waals surface area contributed by atoms with Gasteiger partial charge >= 0.3 is 0 Å². The number of pyridine rings is 1. The van der Waals surface area contributed by atoms with E-state index in [1.165, 1.54) is 0 Å². The third-order valence-corrected chi connectivity index (χ3v) is 3.64. The van der Waals surface area contributed by atoms with Gasteiger partial charge in [-0.25, -0.2) is 0 Å². The molecule has 1 unspecified atom stereocenters. The van der Waals surface area contributed by atoms with Crippen LogP contribution in [-0.2, 0) is 0 Å². The van der Waals surface area contributed by atoms with Crippen molar-refractivity contribution >= 4 is 29.9 Å². The monoisotopic (exact) mass is 470 g/mol. The van der Waals surface area contributed by atoms with Crippen LogP contribution in [0.15, 0.2) is 59.9 Å².